The second-order valence-corrected chi connectivity index (χ2v) is 7.39. The molecule has 0 saturated heterocycles. The highest BCUT2D eigenvalue weighted by Gasteiger charge is 1.94. The second-order valence-electron chi connectivity index (χ2n) is 7.39. The van der Waals surface area contributed by atoms with Gasteiger partial charge in [-0.1, -0.05) is 135 Å². The summed E-state index contributed by atoms with van der Waals surface area (Å²) in [5, 5.41) is 0. The van der Waals surface area contributed by atoms with Crippen molar-refractivity contribution in [3.8, 4) is 0 Å². The number of hydrogen-bond acceptors (Lipinski definition) is 0. The molecule has 0 amide bonds. The average Bonchev–Trinajstić information content (AvgIpc) is 2.57. The predicted molar refractivity (Wildman–Crippen MR) is 107 cm³/mol. The summed E-state index contributed by atoms with van der Waals surface area (Å²) >= 11 is 0. The Kier molecular flexibility index (Phi) is 21.5. The second kappa shape index (κ2) is 21.7. The van der Waals surface area contributed by atoms with Gasteiger partial charge in [0.1, 0.15) is 0 Å². The third kappa shape index (κ3) is 21.7. The van der Waals surface area contributed by atoms with Crippen LogP contribution in [0, 0.1) is 6.58 Å². The molecule has 0 aliphatic heterocycles. The fraction of sp³-hybridized carbons (Fsp3) is 0.913. The summed E-state index contributed by atoms with van der Waals surface area (Å²) in [5.41, 5.74) is 0. The first kappa shape index (κ1) is 22.7. The zero-order chi connectivity index (χ0) is 16.8. The molecule has 0 aromatic rings. The van der Waals surface area contributed by atoms with Crippen LogP contribution in [0.3, 0.4) is 0 Å². The number of allylic oxidation sites excluding steroid dienone is 1. The van der Waals surface area contributed by atoms with Crippen LogP contribution in [0.5, 0.6) is 0 Å². The lowest BCUT2D eigenvalue weighted by atomic mass is 10.0. The van der Waals surface area contributed by atoms with E-state index in [-0.39, 0.29) is 0 Å². The standard InChI is InChI=1S/C23H45/c1-3-5-7-9-11-13-15-17-19-21-23-22-20-18-16-14-12-10-8-6-4-2/h1,3H,4-23H2,2H3. The van der Waals surface area contributed by atoms with E-state index < -0.39 is 0 Å². The molecule has 23 heavy (non-hydrogen) atoms. The zero-order valence-electron chi connectivity index (χ0n) is 16.3. The van der Waals surface area contributed by atoms with E-state index in [1.54, 1.807) is 6.08 Å². The van der Waals surface area contributed by atoms with Gasteiger partial charge < -0.3 is 0 Å². The highest BCUT2D eigenvalue weighted by Crippen LogP contribution is 2.14. The summed E-state index contributed by atoms with van der Waals surface area (Å²) in [5.74, 6) is 0. The van der Waals surface area contributed by atoms with Gasteiger partial charge in [0, 0.05) is 0 Å². The summed E-state index contributed by atoms with van der Waals surface area (Å²) in [6.07, 6.45) is 30.3. The fourth-order valence-corrected chi connectivity index (χ4v) is 3.34. The van der Waals surface area contributed by atoms with E-state index in [0.717, 1.165) is 6.42 Å². The molecule has 0 unspecified atom stereocenters. The minimum Gasteiger partial charge on any atom is -0.0845 e. The normalized spacial score (nSPS) is 11.0. The van der Waals surface area contributed by atoms with Crippen molar-refractivity contribution in [3.63, 3.8) is 0 Å². The highest BCUT2D eigenvalue weighted by molar-refractivity contribution is 4.61. The molecular formula is C23H45. The van der Waals surface area contributed by atoms with Crippen molar-refractivity contribution < 1.29 is 0 Å². The van der Waals surface area contributed by atoms with E-state index in [0.29, 0.717) is 0 Å². The van der Waals surface area contributed by atoms with E-state index in [1.165, 1.54) is 122 Å². The van der Waals surface area contributed by atoms with Crippen LogP contribution in [0.15, 0.2) is 6.08 Å². The number of rotatable bonds is 20. The molecular weight excluding hydrogens is 276 g/mol. The molecule has 0 atom stereocenters. The van der Waals surface area contributed by atoms with E-state index in [2.05, 4.69) is 6.92 Å². The Morgan fingerprint density at radius 2 is 0.696 bits per heavy atom. The van der Waals surface area contributed by atoms with Gasteiger partial charge in [0.2, 0.25) is 0 Å². The average molecular weight is 322 g/mol. The van der Waals surface area contributed by atoms with E-state index in [9.17, 15) is 0 Å². The monoisotopic (exact) mass is 321 g/mol. The van der Waals surface area contributed by atoms with Crippen LogP contribution >= 0.6 is 0 Å². The van der Waals surface area contributed by atoms with Gasteiger partial charge in [-0.2, -0.15) is 0 Å². The maximum absolute atomic E-state index is 5.38. The van der Waals surface area contributed by atoms with Gasteiger partial charge in [-0.05, 0) is 12.8 Å². The third-order valence-electron chi connectivity index (χ3n) is 4.97. The quantitative estimate of drug-likeness (QED) is 0.196. The Morgan fingerprint density at radius 1 is 0.435 bits per heavy atom. The number of hydrogen-bond donors (Lipinski definition) is 0. The van der Waals surface area contributed by atoms with Gasteiger partial charge in [0.05, 0.1) is 0 Å². The molecule has 0 heterocycles. The Labute approximate surface area is 148 Å². The SMILES string of the molecule is [CH]=CCCCCCCCCCCCCCCCCCCCCC. The summed E-state index contributed by atoms with van der Waals surface area (Å²) < 4.78 is 0. The van der Waals surface area contributed by atoms with Gasteiger partial charge in [-0.3, -0.25) is 0 Å². The molecule has 0 nitrogen and oxygen atoms in total. The van der Waals surface area contributed by atoms with Gasteiger partial charge in [0.25, 0.3) is 0 Å². The molecule has 0 aromatic carbocycles. The van der Waals surface area contributed by atoms with Crippen LogP contribution < -0.4 is 0 Å². The first-order chi connectivity index (χ1) is 11.4. The molecule has 137 valence electrons. The topological polar surface area (TPSA) is 0 Å². The molecule has 0 aliphatic rings. The maximum Gasteiger partial charge on any atom is -0.0348 e. The van der Waals surface area contributed by atoms with Crippen molar-refractivity contribution in [2.75, 3.05) is 0 Å². The minimum atomic E-state index is 1.10. The van der Waals surface area contributed by atoms with Crippen molar-refractivity contribution in [2.45, 2.75) is 135 Å². The molecule has 0 aromatic heterocycles. The van der Waals surface area contributed by atoms with Crippen LogP contribution in [0.2, 0.25) is 0 Å². The summed E-state index contributed by atoms with van der Waals surface area (Å²) in [6.45, 7) is 7.68. The molecule has 0 fully saturated rings. The maximum atomic E-state index is 5.38. The molecule has 0 N–H and O–H groups in total. The molecule has 0 saturated carbocycles. The first-order valence-corrected chi connectivity index (χ1v) is 10.9. The molecule has 0 bridgehead atoms. The van der Waals surface area contributed by atoms with Gasteiger partial charge in [-0.15, -0.1) is 0 Å². The van der Waals surface area contributed by atoms with E-state index >= 15 is 0 Å². The van der Waals surface area contributed by atoms with Crippen LogP contribution in [0.4, 0.5) is 0 Å². The molecule has 0 rings (SSSR count). The molecule has 0 spiro atoms. The first-order valence-electron chi connectivity index (χ1n) is 10.9. The lowest BCUT2D eigenvalue weighted by Gasteiger charge is -2.03. The summed E-state index contributed by atoms with van der Waals surface area (Å²) in [7, 11) is 0. The third-order valence-corrected chi connectivity index (χ3v) is 4.97. The Hall–Kier alpha value is -0.260. The Balaban J connectivity index is 2.93. The van der Waals surface area contributed by atoms with Gasteiger partial charge in [0.15, 0.2) is 0 Å². The Morgan fingerprint density at radius 3 is 0.957 bits per heavy atom. The van der Waals surface area contributed by atoms with Gasteiger partial charge in [-0.25, -0.2) is 0 Å². The van der Waals surface area contributed by atoms with Crippen molar-refractivity contribution in [1.82, 2.24) is 0 Å². The van der Waals surface area contributed by atoms with E-state index in [1.807, 2.05) is 0 Å². The number of unbranched alkanes of at least 4 members (excludes halogenated alkanes) is 19. The molecule has 0 aliphatic carbocycles. The van der Waals surface area contributed by atoms with Crippen LogP contribution in [0.25, 0.3) is 0 Å². The van der Waals surface area contributed by atoms with Crippen LogP contribution in [-0.2, 0) is 0 Å². The van der Waals surface area contributed by atoms with Crippen molar-refractivity contribution in [2.24, 2.45) is 0 Å². The van der Waals surface area contributed by atoms with Crippen molar-refractivity contribution in [1.29, 1.82) is 0 Å². The summed E-state index contributed by atoms with van der Waals surface area (Å²) in [6, 6.07) is 0. The Bertz CT molecular complexity index is 206. The largest absolute Gasteiger partial charge is 0.0845 e. The predicted octanol–water partition coefficient (Wildman–Crippen LogP) is 8.80. The van der Waals surface area contributed by atoms with E-state index in [4.69, 9.17) is 6.58 Å². The van der Waals surface area contributed by atoms with Crippen LogP contribution in [-0.4, -0.2) is 0 Å². The smallest absolute Gasteiger partial charge is 0.0348 e. The summed E-state index contributed by atoms with van der Waals surface area (Å²) in [4.78, 5) is 0. The van der Waals surface area contributed by atoms with Crippen LogP contribution in [0.1, 0.15) is 135 Å². The lowest BCUT2D eigenvalue weighted by Crippen LogP contribution is -1.84. The minimum absolute atomic E-state index is 1.10. The zero-order valence-corrected chi connectivity index (χ0v) is 16.3. The molecule has 0 heteroatoms. The van der Waals surface area contributed by atoms with Gasteiger partial charge >= 0.3 is 0 Å². The van der Waals surface area contributed by atoms with Crippen molar-refractivity contribution >= 4 is 0 Å². The molecule has 1 radical (unpaired) electrons. The van der Waals surface area contributed by atoms with Crippen molar-refractivity contribution in [3.05, 3.63) is 12.7 Å². The fourth-order valence-electron chi connectivity index (χ4n) is 3.34. The highest BCUT2D eigenvalue weighted by atomic mass is 14.0. The lowest BCUT2D eigenvalue weighted by molar-refractivity contribution is 0.523.